The molecule has 0 spiro atoms. The summed E-state index contributed by atoms with van der Waals surface area (Å²) >= 11 is 0. The maximum Gasteiger partial charge on any atom is 0.416 e. The first-order valence-corrected chi connectivity index (χ1v) is 6.63. The van der Waals surface area contributed by atoms with Crippen LogP contribution in [-0.4, -0.2) is 12.5 Å². The lowest BCUT2D eigenvalue weighted by Crippen LogP contribution is -2.21. The van der Waals surface area contributed by atoms with Gasteiger partial charge in [0.25, 0.3) is 5.91 Å². The molecule has 0 bridgehead atoms. The van der Waals surface area contributed by atoms with E-state index in [4.69, 9.17) is 0 Å². The second-order valence-electron chi connectivity index (χ2n) is 4.81. The lowest BCUT2D eigenvalue weighted by atomic mass is 10.2. The summed E-state index contributed by atoms with van der Waals surface area (Å²) in [5, 5.41) is 1.93. The summed E-state index contributed by atoms with van der Waals surface area (Å²) in [7, 11) is 0. The van der Waals surface area contributed by atoms with Crippen molar-refractivity contribution < 1.29 is 44.7 Å². The molecule has 1 N–H and O–H groups in total. The van der Waals surface area contributed by atoms with Gasteiger partial charge in [-0.2, -0.15) is 22.0 Å². The molecular weight excluding hydrogens is 378 g/mol. The Hall–Kier alpha value is -2.85. The zero-order chi connectivity index (χ0) is 19.6. The first-order valence-electron chi connectivity index (χ1n) is 6.63. The Morgan fingerprint density at radius 1 is 0.923 bits per heavy atom. The summed E-state index contributed by atoms with van der Waals surface area (Å²) in [4.78, 5) is 11.6. The number of carbonyl (C=O) groups excluding carboxylic acids is 1. The minimum Gasteiger partial charge on any atom is -0.477 e. The number of carbonyl (C=O) groups is 1. The smallest absolute Gasteiger partial charge is 0.416 e. The van der Waals surface area contributed by atoms with Crippen LogP contribution >= 0.6 is 0 Å². The zero-order valence-electron chi connectivity index (χ0n) is 12.4. The largest absolute Gasteiger partial charge is 0.477 e. The Labute approximate surface area is 140 Å². The Bertz CT molecular complexity index is 821. The van der Waals surface area contributed by atoms with Gasteiger partial charge >= 0.3 is 6.18 Å². The van der Waals surface area contributed by atoms with Gasteiger partial charge in [0.15, 0.2) is 12.4 Å². The van der Waals surface area contributed by atoms with E-state index in [9.17, 15) is 39.9 Å². The third-order valence-corrected chi connectivity index (χ3v) is 2.99. The Balaban J connectivity index is 2.11. The number of alkyl halides is 3. The van der Waals surface area contributed by atoms with Gasteiger partial charge in [0.05, 0.1) is 5.56 Å². The summed E-state index contributed by atoms with van der Waals surface area (Å²) in [5.41, 5.74) is -1.39. The van der Waals surface area contributed by atoms with Gasteiger partial charge in [0.2, 0.25) is 29.1 Å². The van der Waals surface area contributed by atoms with E-state index in [2.05, 4.69) is 4.74 Å². The number of anilines is 1. The molecule has 2 rings (SSSR count). The average molecular weight is 385 g/mol. The second kappa shape index (κ2) is 7.18. The van der Waals surface area contributed by atoms with E-state index in [1.165, 1.54) is 0 Å². The molecule has 0 atom stereocenters. The molecule has 0 fully saturated rings. The van der Waals surface area contributed by atoms with Crippen molar-refractivity contribution in [3.63, 3.8) is 0 Å². The molecule has 0 aliphatic carbocycles. The van der Waals surface area contributed by atoms with Gasteiger partial charge in [-0.3, -0.25) is 4.79 Å². The fourth-order valence-electron chi connectivity index (χ4n) is 1.82. The van der Waals surface area contributed by atoms with E-state index >= 15 is 0 Å². The normalized spacial score (nSPS) is 11.4. The molecule has 0 aromatic heterocycles. The van der Waals surface area contributed by atoms with Gasteiger partial charge in [-0.15, -0.1) is 0 Å². The molecule has 0 aliphatic heterocycles. The van der Waals surface area contributed by atoms with Crippen LogP contribution in [0.2, 0.25) is 0 Å². The van der Waals surface area contributed by atoms with Crippen molar-refractivity contribution in [2.24, 2.45) is 0 Å². The van der Waals surface area contributed by atoms with E-state index in [0.717, 1.165) is 18.2 Å². The van der Waals surface area contributed by atoms with Crippen molar-refractivity contribution in [2.75, 3.05) is 11.9 Å². The van der Waals surface area contributed by atoms with Gasteiger partial charge in [-0.1, -0.05) is 6.07 Å². The maximum absolute atomic E-state index is 13.4. The number of hydrogen-bond acceptors (Lipinski definition) is 2. The average Bonchev–Trinajstić information content (AvgIpc) is 2.57. The summed E-state index contributed by atoms with van der Waals surface area (Å²) in [6.07, 6.45) is -4.67. The van der Waals surface area contributed by atoms with E-state index in [-0.39, 0.29) is 5.69 Å². The minimum absolute atomic E-state index is 0.314. The van der Waals surface area contributed by atoms with Crippen LogP contribution in [0.1, 0.15) is 5.56 Å². The Morgan fingerprint density at radius 2 is 1.46 bits per heavy atom. The number of nitrogens with one attached hydrogen (secondary N) is 1. The van der Waals surface area contributed by atoms with Crippen LogP contribution in [0.25, 0.3) is 0 Å². The molecule has 0 radical (unpaired) electrons. The summed E-state index contributed by atoms with van der Waals surface area (Å²) < 4.78 is 107. The molecule has 0 aliphatic rings. The molecule has 0 unspecified atom stereocenters. The van der Waals surface area contributed by atoms with Crippen molar-refractivity contribution in [2.45, 2.75) is 6.18 Å². The van der Waals surface area contributed by atoms with Gasteiger partial charge in [0, 0.05) is 5.69 Å². The van der Waals surface area contributed by atoms with Crippen LogP contribution in [0.3, 0.4) is 0 Å². The van der Waals surface area contributed by atoms with Crippen LogP contribution in [-0.2, 0) is 11.0 Å². The second-order valence-corrected chi connectivity index (χ2v) is 4.81. The summed E-state index contributed by atoms with van der Waals surface area (Å²) in [6, 6.07) is 3.40. The van der Waals surface area contributed by atoms with E-state index in [1.54, 1.807) is 0 Å². The molecule has 26 heavy (non-hydrogen) atoms. The van der Waals surface area contributed by atoms with Gasteiger partial charge in [-0.25, -0.2) is 13.2 Å². The van der Waals surface area contributed by atoms with Crippen molar-refractivity contribution >= 4 is 11.6 Å². The predicted octanol–water partition coefficient (Wildman–Crippen LogP) is 4.42. The molecule has 2 aromatic rings. The van der Waals surface area contributed by atoms with Crippen LogP contribution in [0.4, 0.5) is 40.8 Å². The fourth-order valence-corrected chi connectivity index (χ4v) is 1.82. The molecule has 2 aromatic carbocycles. The SMILES string of the molecule is O=C(COc1c(F)c(F)c(F)c(F)c1F)Nc1cccc(C(F)(F)F)c1. The van der Waals surface area contributed by atoms with Gasteiger partial charge in [0.1, 0.15) is 0 Å². The van der Waals surface area contributed by atoms with Crippen LogP contribution < -0.4 is 10.1 Å². The topological polar surface area (TPSA) is 38.3 Å². The molecule has 140 valence electrons. The molecule has 3 nitrogen and oxygen atoms in total. The first kappa shape index (κ1) is 19.5. The Kier molecular flexibility index (Phi) is 5.38. The van der Waals surface area contributed by atoms with Crippen molar-refractivity contribution in [1.29, 1.82) is 0 Å². The monoisotopic (exact) mass is 385 g/mol. The highest BCUT2D eigenvalue weighted by Gasteiger charge is 2.30. The minimum atomic E-state index is -4.67. The lowest BCUT2D eigenvalue weighted by molar-refractivity contribution is -0.137. The number of benzene rings is 2. The van der Waals surface area contributed by atoms with E-state index in [1.807, 2.05) is 5.32 Å². The fraction of sp³-hybridized carbons (Fsp3) is 0.133. The molecular formula is C15H7F8NO2. The molecule has 0 saturated heterocycles. The highest BCUT2D eigenvalue weighted by atomic mass is 19.4. The summed E-state index contributed by atoms with van der Waals surface area (Å²) in [6.45, 7) is -1.21. The highest BCUT2D eigenvalue weighted by molar-refractivity contribution is 5.91. The van der Waals surface area contributed by atoms with E-state index in [0.29, 0.717) is 6.07 Å². The molecule has 0 heterocycles. The number of rotatable bonds is 4. The van der Waals surface area contributed by atoms with Crippen LogP contribution in [0, 0.1) is 29.1 Å². The number of ether oxygens (including phenoxy) is 1. The number of amides is 1. The van der Waals surface area contributed by atoms with Crippen molar-refractivity contribution in [3.8, 4) is 5.75 Å². The zero-order valence-corrected chi connectivity index (χ0v) is 12.4. The van der Waals surface area contributed by atoms with E-state index < -0.39 is 59.1 Å². The lowest BCUT2D eigenvalue weighted by Gasteiger charge is -2.12. The maximum atomic E-state index is 13.4. The highest BCUT2D eigenvalue weighted by Crippen LogP contribution is 2.31. The summed E-state index contributed by atoms with van der Waals surface area (Å²) in [5.74, 6) is -14.4. The third-order valence-electron chi connectivity index (χ3n) is 2.99. The number of halogens is 8. The first-order chi connectivity index (χ1) is 12.0. The molecule has 11 heteroatoms. The number of hydrogen-bond donors (Lipinski definition) is 1. The molecule has 1 amide bonds. The third kappa shape index (κ3) is 4.03. The quantitative estimate of drug-likeness (QED) is 0.481. The van der Waals surface area contributed by atoms with Crippen LogP contribution in [0.5, 0.6) is 5.75 Å². The van der Waals surface area contributed by atoms with Gasteiger partial charge < -0.3 is 10.1 Å². The Morgan fingerprint density at radius 3 is 2.00 bits per heavy atom. The van der Waals surface area contributed by atoms with Crippen molar-refractivity contribution in [1.82, 2.24) is 0 Å². The van der Waals surface area contributed by atoms with Crippen molar-refractivity contribution in [3.05, 3.63) is 58.9 Å². The van der Waals surface area contributed by atoms with Crippen LogP contribution in [0.15, 0.2) is 24.3 Å². The predicted molar refractivity (Wildman–Crippen MR) is 71.8 cm³/mol. The molecule has 0 saturated carbocycles. The van der Waals surface area contributed by atoms with Gasteiger partial charge in [-0.05, 0) is 18.2 Å². The standard InChI is InChI=1S/C15H7F8NO2/c16-9-10(17)12(19)14(13(20)11(9)18)26-5-8(25)24-7-3-1-2-6(4-7)15(21,22)23/h1-4H,5H2,(H,24,25).